The molecule has 1 aromatic carbocycles. The lowest BCUT2D eigenvalue weighted by atomic mass is 10.2. The molecule has 1 amide bonds. The molecule has 4 nitrogen and oxygen atoms in total. The Kier molecular flexibility index (Phi) is 7.31. The van der Waals surface area contributed by atoms with Gasteiger partial charge in [-0.3, -0.25) is 15.0 Å². The van der Waals surface area contributed by atoms with E-state index < -0.39 is 0 Å². The molecule has 0 spiro atoms. The average molecular weight is 398 g/mol. The van der Waals surface area contributed by atoms with Gasteiger partial charge in [0, 0.05) is 40.1 Å². The molecular formula is C18H24ClN3OS2. The summed E-state index contributed by atoms with van der Waals surface area (Å²) >= 11 is 3.40. The first kappa shape index (κ1) is 20.2. The number of halogens is 1. The van der Waals surface area contributed by atoms with E-state index in [4.69, 9.17) is 0 Å². The molecule has 1 aromatic heterocycles. The van der Waals surface area contributed by atoms with Crippen molar-refractivity contribution in [3.8, 4) is 0 Å². The number of hydrogen-bond donors (Lipinski definition) is 1. The summed E-state index contributed by atoms with van der Waals surface area (Å²) in [6, 6.07) is 7.77. The molecule has 0 saturated carbocycles. The monoisotopic (exact) mass is 397 g/mol. The van der Waals surface area contributed by atoms with Gasteiger partial charge in [-0.1, -0.05) is 20.8 Å². The van der Waals surface area contributed by atoms with E-state index in [0.29, 0.717) is 15.9 Å². The van der Waals surface area contributed by atoms with Gasteiger partial charge in [0.15, 0.2) is 5.13 Å². The fourth-order valence-corrected chi connectivity index (χ4v) is 4.58. The first-order valence-corrected chi connectivity index (χ1v) is 10.0. The zero-order valence-electron chi connectivity index (χ0n) is 14.7. The van der Waals surface area contributed by atoms with Crippen LogP contribution < -0.4 is 5.32 Å². The number of hydrogen-bond acceptors (Lipinski definition) is 5. The Bertz CT molecular complexity index is 716. The molecule has 0 radical (unpaired) electrons. The van der Waals surface area contributed by atoms with Crippen LogP contribution in [0.1, 0.15) is 41.7 Å². The molecule has 0 bridgehead atoms. The number of anilines is 1. The van der Waals surface area contributed by atoms with Crippen LogP contribution in [-0.4, -0.2) is 34.1 Å². The molecule has 0 saturated heterocycles. The fraction of sp³-hybridized carbons (Fsp3) is 0.444. The van der Waals surface area contributed by atoms with Crippen molar-refractivity contribution in [3.63, 3.8) is 0 Å². The van der Waals surface area contributed by atoms with Crippen molar-refractivity contribution in [1.82, 2.24) is 9.88 Å². The van der Waals surface area contributed by atoms with Crippen LogP contribution in [0.2, 0.25) is 0 Å². The summed E-state index contributed by atoms with van der Waals surface area (Å²) in [7, 11) is 0. The smallest absolute Gasteiger partial charge is 0.257 e. The van der Waals surface area contributed by atoms with Crippen LogP contribution in [0.15, 0.2) is 29.2 Å². The number of aromatic nitrogens is 1. The second kappa shape index (κ2) is 9.03. The second-order valence-corrected chi connectivity index (χ2v) is 8.89. The van der Waals surface area contributed by atoms with Crippen molar-refractivity contribution in [2.24, 2.45) is 0 Å². The number of carbonyl (C=O) groups excluding carboxylic acids is 1. The molecule has 1 N–H and O–H groups in total. The van der Waals surface area contributed by atoms with Gasteiger partial charge in [0.2, 0.25) is 0 Å². The van der Waals surface area contributed by atoms with Crippen molar-refractivity contribution in [2.45, 2.75) is 43.9 Å². The number of carbonyl (C=O) groups is 1. The molecule has 1 aliphatic rings. The van der Waals surface area contributed by atoms with Crippen molar-refractivity contribution in [1.29, 1.82) is 0 Å². The largest absolute Gasteiger partial charge is 0.298 e. The summed E-state index contributed by atoms with van der Waals surface area (Å²) in [6.07, 6.45) is 0.969. The van der Waals surface area contributed by atoms with E-state index in [0.717, 1.165) is 31.7 Å². The van der Waals surface area contributed by atoms with Gasteiger partial charge < -0.3 is 0 Å². The maximum Gasteiger partial charge on any atom is 0.257 e. The van der Waals surface area contributed by atoms with E-state index in [1.807, 2.05) is 24.3 Å². The lowest BCUT2D eigenvalue weighted by Gasteiger charge is -2.23. The Morgan fingerprint density at radius 1 is 1.36 bits per heavy atom. The van der Waals surface area contributed by atoms with Crippen LogP contribution in [0.25, 0.3) is 0 Å². The molecule has 0 aliphatic carbocycles. The van der Waals surface area contributed by atoms with Gasteiger partial charge in [0.05, 0.1) is 5.69 Å². The van der Waals surface area contributed by atoms with Crippen LogP contribution in [0.5, 0.6) is 0 Å². The third-order valence-electron chi connectivity index (χ3n) is 3.97. The topological polar surface area (TPSA) is 45.2 Å². The molecule has 2 aromatic rings. The number of nitrogens with one attached hydrogen (secondary N) is 1. The summed E-state index contributed by atoms with van der Waals surface area (Å²) < 4.78 is 0. The van der Waals surface area contributed by atoms with Crippen molar-refractivity contribution in [2.75, 3.05) is 18.4 Å². The van der Waals surface area contributed by atoms with E-state index in [9.17, 15) is 4.79 Å². The van der Waals surface area contributed by atoms with Crippen molar-refractivity contribution in [3.05, 3.63) is 40.4 Å². The average Bonchev–Trinajstić information content (AvgIpc) is 2.96. The quantitative estimate of drug-likeness (QED) is 0.743. The van der Waals surface area contributed by atoms with Gasteiger partial charge in [0.25, 0.3) is 5.91 Å². The van der Waals surface area contributed by atoms with E-state index in [-0.39, 0.29) is 18.3 Å². The molecule has 25 heavy (non-hydrogen) atoms. The van der Waals surface area contributed by atoms with E-state index in [2.05, 4.69) is 36.0 Å². The third-order valence-corrected chi connectivity index (χ3v) is 5.98. The van der Waals surface area contributed by atoms with Crippen LogP contribution in [0.4, 0.5) is 5.13 Å². The van der Waals surface area contributed by atoms with Crippen molar-refractivity contribution < 1.29 is 4.79 Å². The number of likely N-dealkylation sites (N-methyl/N-ethyl adjacent to an activating group) is 1. The van der Waals surface area contributed by atoms with Crippen LogP contribution in [0.3, 0.4) is 0 Å². The highest BCUT2D eigenvalue weighted by atomic mass is 35.5. The predicted octanol–water partition coefficient (Wildman–Crippen LogP) is 4.70. The van der Waals surface area contributed by atoms with Gasteiger partial charge in [-0.15, -0.1) is 35.5 Å². The Morgan fingerprint density at radius 3 is 2.72 bits per heavy atom. The lowest BCUT2D eigenvalue weighted by Crippen LogP contribution is -2.29. The molecule has 0 fully saturated rings. The normalized spacial score (nSPS) is 14.1. The first-order chi connectivity index (χ1) is 11.5. The maximum atomic E-state index is 12.4. The van der Waals surface area contributed by atoms with Crippen LogP contribution in [-0.2, 0) is 13.0 Å². The fourth-order valence-electron chi connectivity index (χ4n) is 2.70. The molecule has 1 aliphatic heterocycles. The summed E-state index contributed by atoms with van der Waals surface area (Å²) in [5.41, 5.74) is 1.81. The summed E-state index contributed by atoms with van der Waals surface area (Å²) in [6.45, 7) is 9.55. The number of thiazole rings is 1. The molecule has 136 valence electrons. The van der Waals surface area contributed by atoms with Crippen LogP contribution in [0, 0.1) is 0 Å². The van der Waals surface area contributed by atoms with Crippen molar-refractivity contribution >= 4 is 46.5 Å². The van der Waals surface area contributed by atoms with Crippen LogP contribution >= 0.6 is 35.5 Å². The maximum absolute atomic E-state index is 12.4. The Hall–Kier alpha value is -1.08. The predicted molar refractivity (Wildman–Crippen MR) is 109 cm³/mol. The van der Waals surface area contributed by atoms with Gasteiger partial charge in [0.1, 0.15) is 0 Å². The minimum absolute atomic E-state index is 0. The highest BCUT2D eigenvalue weighted by Gasteiger charge is 2.20. The second-order valence-electron chi connectivity index (χ2n) is 6.15. The van der Waals surface area contributed by atoms with Gasteiger partial charge >= 0.3 is 0 Å². The minimum atomic E-state index is -0.0884. The van der Waals surface area contributed by atoms with Gasteiger partial charge in [-0.05, 0) is 30.8 Å². The van der Waals surface area contributed by atoms with Gasteiger partial charge in [-0.2, -0.15) is 0 Å². The number of nitrogens with zero attached hydrogens (tertiary/aromatic N) is 2. The molecule has 2 heterocycles. The summed E-state index contributed by atoms with van der Waals surface area (Å²) in [4.78, 5) is 21.9. The molecular weight excluding hydrogens is 374 g/mol. The lowest BCUT2D eigenvalue weighted by molar-refractivity contribution is 0.102. The first-order valence-electron chi connectivity index (χ1n) is 8.34. The highest BCUT2D eigenvalue weighted by molar-refractivity contribution is 7.99. The Labute approximate surface area is 163 Å². The summed E-state index contributed by atoms with van der Waals surface area (Å²) in [5, 5.41) is 4.20. The van der Waals surface area contributed by atoms with Gasteiger partial charge in [-0.25, -0.2) is 4.98 Å². The number of rotatable bonds is 5. The number of fused-ring (bicyclic) bond motifs is 1. The number of benzene rings is 1. The zero-order valence-corrected chi connectivity index (χ0v) is 17.2. The summed E-state index contributed by atoms with van der Waals surface area (Å²) in [5.74, 6) is -0.0884. The zero-order chi connectivity index (χ0) is 17.1. The molecule has 0 unspecified atom stereocenters. The SMILES string of the molecule is CCN1CCc2nc(NC(=O)c3ccc(SC(C)C)cc3)sc2C1.Cl. The molecule has 0 atom stereocenters. The number of thioether (sulfide) groups is 1. The Morgan fingerprint density at radius 2 is 2.08 bits per heavy atom. The third kappa shape index (κ3) is 5.20. The Balaban J connectivity index is 0.00000225. The number of amides is 1. The van der Waals surface area contributed by atoms with E-state index in [1.165, 1.54) is 9.77 Å². The standard InChI is InChI=1S/C18H23N3OS2.ClH/c1-4-21-10-9-15-16(11-21)24-18(19-15)20-17(22)13-5-7-14(8-6-13)23-12(2)3;/h5-8,12H,4,9-11H2,1-3H3,(H,19,20,22);1H. The highest BCUT2D eigenvalue weighted by Crippen LogP contribution is 2.29. The molecule has 3 rings (SSSR count). The van der Waals surface area contributed by atoms with E-state index in [1.54, 1.807) is 23.1 Å². The minimum Gasteiger partial charge on any atom is -0.298 e. The van der Waals surface area contributed by atoms with E-state index >= 15 is 0 Å². The molecule has 7 heteroatoms.